The lowest BCUT2D eigenvalue weighted by Gasteiger charge is -1.97. The Morgan fingerprint density at radius 1 is 0.923 bits per heavy atom. The summed E-state index contributed by atoms with van der Waals surface area (Å²) in [6.07, 6.45) is 2.77. The summed E-state index contributed by atoms with van der Waals surface area (Å²) in [6.45, 7) is 0. The number of rotatable bonds is 1. The third kappa shape index (κ3) is 1.64. The molecule has 0 saturated heterocycles. The van der Waals surface area contributed by atoms with Gasteiger partial charge in [0.1, 0.15) is 0 Å². The Labute approximate surface area is 75.7 Å². The van der Waals surface area contributed by atoms with Gasteiger partial charge in [-0.25, -0.2) is 9.97 Å². The number of aromatic hydroxyl groups is 1. The minimum absolute atomic E-state index is 0.0830. The molecule has 0 atom stereocenters. The average molecular weight is 172 g/mol. The molecule has 1 heterocycles. The predicted octanol–water partition coefficient (Wildman–Crippen LogP) is 1.85. The molecule has 1 N–H and O–H groups in total. The van der Waals surface area contributed by atoms with E-state index < -0.39 is 0 Å². The zero-order valence-corrected chi connectivity index (χ0v) is 6.88. The van der Waals surface area contributed by atoms with Crippen molar-refractivity contribution in [2.45, 2.75) is 0 Å². The van der Waals surface area contributed by atoms with Gasteiger partial charge in [0.25, 0.3) is 0 Å². The highest BCUT2D eigenvalue weighted by molar-refractivity contribution is 5.54. The average Bonchev–Trinajstić information content (AvgIpc) is 2.20. The molecule has 64 valence electrons. The molecule has 0 saturated carbocycles. The lowest BCUT2D eigenvalue weighted by atomic mass is 10.2. The van der Waals surface area contributed by atoms with Gasteiger partial charge in [-0.1, -0.05) is 30.3 Å². The lowest BCUT2D eigenvalue weighted by molar-refractivity contribution is 0.470. The third-order valence-electron chi connectivity index (χ3n) is 1.67. The summed E-state index contributed by atoms with van der Waals surface area (Å²) in [7, 11) is 0. The fourth-order valence-electron chi connectivity index (χ4n) is 1.06. The quantitative estimate of drug-likeness (QED) is 0.714. The Morgan fingerprint density at radius 3 is 2.15 bits per heavy atom. The zero-order valence-electron chi connectivity index (χ0n) is 6.88. The van der Waals surface area contributed by atoms with Crippen molar-refractivity contribution in [3.8, 4) is 17.1 Å². The smallest absolute Gasteiger partial charge is 0.159 e. The van der Waals surface area contributed by atoms with Crippen molar-refractivity contribution >= 4 is 0 Å². The maximum atomic E-state index is 8.98. The van der Waals surface area contributed by atoms with Gasteiger partial charge in [-0.3, -0.25) is 0 Å². The molecule has 2 aromatic rings. The summed E-state index contributed by atoms with van der Waals surface area (Å²) in [5, 5.41) is 8.98. The van der Waals surface area contributed by atoms with Gasteiger partial charge in [0, 0.05) is 5.56 Å². The Bertz CT molecular complexity index is 383. The molecule has 0 fully saturated rings. The van der Waals surface area contributed by atoms with Crippen LogP contribution < -0.4 is 0 Å². The van der Waals surface area contributed by atoms with Crippen LogP contribution in [-0.4, -0.2) is 15.1 Å². The molecule has 1 aromatic carbocycles. The molecule has 0 spiro atoms. The van der Waals surface area contributed by atoms with Crippen LogP contribution in [0.5, 0.6) is 5.75 Å². The van der Waals surface area contributed by atoms with Crippen LogP contribution in [0, 0.1) is 0 Å². The summed E-state index contributed by atoms with van der Waals surface area (Å²) < 4.78 is 0. The van der Waals surface area contributed by atoms with Crippen molar-refractivity contribution in [2.24, 2.45) is 0 Å². The molecule has 13 heavy (non-hydrogen) atoms. The van der Waals surface area contributed by atoms with Crippen molar-refractivity contribution in [1.29, 1.82) is 0 Å². The van der Waals surface area contributed by atoms with E-state index in [1.807, 2.05) is 30.3 Å². The van der Waals surface area contributed by atoms with Crippen LogP contribution >= 0.6 is 0 Å². The Balaban J connectivity index is 2.42. The topological polar surface area (TPSA) is 46.0 Å². The van der Waals surface area contributed by atoms with Crippen molar-refractivity contribution in [3.63, 3.8) is 0 Å². The third-order valence-corrected chi connectivity index (χ3v) is 1.67. The second-order valence-electron chi connectivity index (χ2n) is 2.63. The molecule has 3 heteroatoms. The maximum Gasteiger partial charge on any atom is 0.159 e. The fourth-order valence-corrected chi connectivity index (χ4v) is 1.06. The van der Waals surface area contributed by atoms with Crippen LogP contribution in [0.3, 0.4) is 0 Å². The minimum atomic E-state index is 0.0830. The van der Waals surface area contributed by atoms with E-state index in [2.05, 4.69) is 9.97 Å². The van der Waals surface area contributed by atoms with E-state index in [1.54, 1.807) is 0 Å². The summed E-state index contributed by atoms with van der Waals surface area (Å²) in [5.41, 5.74) is 0.947. The Kier molecular flexibility index (Phi) is 1.92. The highest BCUT2D eigenvalue weighted by Crippen LogP contribution is 2.14. The molecule has 2 rings (SSSR count). The Hall–Kier alpha value is -1.90. The van der Waals surface area contributed by atoms with Crippen molar-refractivity contribution in [1.82, 2.24) is 9.97 Å². The molecular weight excluding hydrogens is 164 g/mol. The van der Waals surface area contributed by atoms with Crippen LogP contribution in [0.1, 0.15) is 0 Å². The van der Waals surface area contributed by atoms with Gasteiger partial charge >= 0.3 is 0 Å². The first-order chi connectivity index (χ1) is 6.36. The van der Waals surface area contributed by atoms with Crippen LogP contribution in [-0.2, 0) is 0 Å². The monoisotopic (exact) mass is 172 g/mol. The summed E-state index contributed by atoms with van der Waals surface area (Å²) in [6, 6.07) is 9.62. The van der Waals surface area contributed by atoms with Crippen molar-refractivity contribution in [3.05, 3.63) is 42.7 Å². The van der Waals surface area contributed by atoms with Gasteiger partial charge < -0.3 is 5.11 Å². The van der Waals surface area contributed by atoms with Gasteiger partial charge in [0.2, 0.25) is 0 Å². The van der Waals surface area contributed by atoms with E-state index in [0.717, 1.165) is 5.56 Å². The van der Waals surface area contributed by atoms with Crippen LogP contribution in [0.15, 0.2) is 42.7 Å². The van der Waals surface area contributed by atoms with E-state index in [9.17, 15) is 0 Å². The molecule has 0 aliphatic carbocycles. The van der Waals surface area contributed by atoms with Crippen LogP contribution in [0.2, 0.25) is 0 Å². The molecule has 0 aliphatic rings. The molecule has 0 bridgehead atoms. The van der Waals surface area contributed by atoms with E-state index >= 15 is 0 Å². The predicted molar refractivity (Wildman–Crippen MR) is 49.1 cm³/mol. The van der Waals surface area contributed by atoms with Crippen molar-refractivity contribution in [2.75, 3.05) is 0 Å². The first-order valence-electron chi connectivity index (χ1n) is 3.93. The van der Waals surface area contributed by atoms with E-state index in [0.29, 0.717) is 5.82 Å². The summed E-state index contributed by atoms with van der Waals surface area (Å²) in [5.74, 6) is 0.707. The fraction of sp³-hybridized carbons (Fsp3) is 0. The molecule has 1 aromatic heterocycles. The first kappa shape index (κ1) is 7.73. The van der Waals surface area contributed by atoms with Gasteiger partial charge in [0.05, 0.1) is 12.4 Å². The van der Waals surface area contributed by atoms with Crippen molar-refractivity contribution < 1.29 is 5.11 Å². The second kappa shape index (κ2) is 3.23. The summed E-state index contributed by atoms with van der Waals surface area (Å²) >= 11 is 0. The summed E-state index contributed by atoms with van der Waals surface area (Å²) in [4.78, 5) is 7.97. The maximum absolute atomic E-state index is 8.98. The second-order valence-corrected chi connectivity index (χ2v) is 2.63. The van der Waals surface area contributed by atoms with Crippen LogP contribution in [0.4, 0.5) is 0 Å². The molecular formula is C10H8N2O. The molecule has 0 amide bonds. The molecule has 3 nitrogen and oxygen atoms in total. The first-order valence-corrected chi connectivity index (χ1v) is 3.93. The zero-order chi connectivity index (χ0) is 9.10. The highest BCUT2D eigenvalue weighted by atomic mass is 16.3. The largest absolute Gasteiger partial charge is 0.505 e. The SMILES string of the molecule is Oc1cnc(-c2ccccc2)nc1. The van der Waals surface area contributed by atoms with Gasteiger partial charge in [-0.2, -0.15) is 0 Å². The number of nitrogens with zero attached hydrogens (tertiary/aromatic N) is 2. The number of aromatic nitrogens is 2. The van der Waals surface area contributed by atoms with Crippen LogP contribution in [0.25, 0.3) is 11.4 Å². The number of benzene rings is 1. The minimum Gasteiger partial charge on any atom is -0.505 e. The number of hydrogen-bond acceptors (Lipinski definition) is 3. The van der Waals surface area contributed by atoms with E-state index in [4.69, 9.17) is 5.11 Å². The Morgan fingerprint density at radius 2 is 1.54 bits per heavy atom. The van der Waals surface area contributed by atoms with Gasteiger partial charge in [0.15, 0.2) is 11.6 Å². The van der Waals surface area contributed by atoms with Gasteiger partial charge in [-0.15, -0.1) is 0 Å². The molecule has 0 unspecified atom stereocenters. The molecule has 0 radical (unpaired) electrons. The lowest BCUT2D eigenvalue weighted by Crippen LogP contribution is -1.86. The van der Waals surface area contributed by atoms with E-state index in [1.165, 1.54) is 12.4 Å². The van der Waals surface area contributed by atoms with E-state index in [-0.39, 0.29) is 5.75 Å². The normalized spacial score (nSPS) is 9.85. The van der Waals surface area contributed by atoms with Gasteiger partial charge in [-0.05, 0) is 0 Å². The molecule has 0 aliphatic heterocycles. The number of hydrogen-bond donors (Lipinski definition) is 1. The highest BCUT2D eigenvalue weighted by Gasteiger charge is 1.98. The standard InChI is InChI=1S/C10H8N2O/c13-9-6-11-10(12-7-9)8-4-2-1-3-5-8/h1-7,13H.